The summed E-state index contributed by atoms with van der Waals surface area (Å²) >= 11 is 0. The number of aliphatic hydroxyl groups is 1. The standard InChI is InChI=1S/C15H15NO3/c1-11-7-8-13(10-12(11)4-3-9-17)16-14(18)5-2-6-15(16)19/h7-8,10,17H,2,5-6,9H2,1H3. The summed E-state index contributed by atoms with van der Waals surface area (Å²) in [5, 5.41) is 8.73. The molecule has 2 amide bonds. The average molecular weight is 257 g/mol. The van der Waals surface area contributed by atoms with Crippen molar-refractivity contribution in [3.05, 3.63) is 29.3 Å². The average Bonchev–Trinajstić information content (AvgIpc) is 2.39. The van der Waals surface area contributed by atoms with Crippen molar-refractivity contribution in [2.45, 2.75) is 26.2 Å². The van der Waals surface area contributed by atoms with Crippen LogP contribution < -0.4 is 4.90 Å². The van der Waals surface area contributed by atoms with Crippen LogP contribution in [-0.2, 0) is 9.59 Å². The number of carbonyl (C=O) groups is 2. The van der Waals surface area contributed by atoms with E-state index < -0.39 is 0 Å². The van der Waals surface area contributed by atoms with Crippen LogP contribution in [0.5, 0.6) is 0 Å². The molecular formula is C15H15NO3. The molecule has 1 N–H and O–H groups in total. The van der Waals surface area contributed by atoms with Gasteiger partial charge in [-0.2, -0.15) is 0 Å². The molecule has 19 heavy (non-hydrogen) atoms. The third-order valence-corrected chi connectivity index (χ3v) is 3.06. The van der Waals surface area contributed by atoms with Crippen molar-refractivity contribution in [1.82, 2.24) is 0 Å². The number of nitrogens with zero attached hydrogens (tertiary/aromatic N) is 1. The molecule has 0 bridgehead atoms. The van der Waals surface area contributed by atoms with Crippen LogP contribution in [0.2, 0.25) is 0 Å². The lowest BCUT2D eigenvalue weighted by atomic mass is 10.0. The number of anilines is 1. The lowest BCUT2D eigenvalue weighted by Crippen LogP contribution is -2.40. The van der Waals surface area contributed by atoms with Gasteiger partial charge in [0.25, 0.3) is 0 Å². The first kappa shape index (κ1) is 13.3. The zero-order valence-corrected chi connectivity index (χ0v) is 10.8. The van der Waals surface area contributed by atoms with E-state index in [9.17, 15) is 9.59 Å². The highest BCUT2D eigenvalue weighted by atomic mass is 16.2. The summed E-state index contributed by atoms with van der Waals surface area (Å²) in [6, 6.07) is 5.30. The maximum absolute atomic E-state index is 11.8. The molecule has 0 unspecified atom stereocenters. The normalized spacial score (nSPS) is 15.2. The van der Waals surface area contributed by atoms with Gasteiger partial charge < -0.3 is 5.11 Å². The van der Waals surface area contributed by atoms with Crippen LogP contribution in [0.25, 0.3) is 0 Å². The van der Waals surface area contributed by atoms with Crippen molar-refractivity contribution in [2.75, 3.05) is 11.5 Å². The number of aliphatic hydroxyl groups excluding tert-OH is 1. The number of aryl methyl sites for hydroxylation is 1. The second-order valence-corrected chi connectivity index (χ2v) is 4.44. The molecule has 2 rings (SSSR count). The minimum absolute atomic E-state index is 0.166. The molecule has 0 aromatic heterocycles. The van der Waals surface area contributed by atoms with Gasteiger partial charge in [0.1, 0.15) is 6.61 Å². The first-order valence-electron chi connectivity index (χ1n) is 6.19. The number of piperidine rings is 1. The van der Waals surface area contributed by atoms with Crippen molar-refractivity contribution in [2.24, 2.45) is 0 Å². The zero-order valence-electron chi connectivity index (χ0n) is 10.8. The Morgan fingerprint density at radius 3 is 2.58 bits per heavy atom. The fourth-order valence-corrected chi connectivity index (χ4v) is 2.06. The van der Waals surface area contributed by atoms with Gasteiger partial charge in [0.05, 0.1) is 5.69 Å². The van der Waals surface area contributed by atoms with Crippen LogP contribution in [0.4, 0.5) is 5.69 Å². The van der Waals surface area contributed by atoms with E-state index >= 15 is 0 Å². The van der Waals surface area contributed by atoms with Gasteiger partial charge in [-0.05, 0) is 31.0 Å². The molecule has 0 radical (unpaired) electrons. The molecule has 1 aromatic rings. The lowest BCUT2D eigenvalue weighted by molar-refractivity contribution is -0.129. The second kappa shape index (κ2) is 5.68. The maximum Gasteiger partial charge on any atom is 0.233 e. The van der Waals surface area contributed by atoms with Gasteiger partial charge in [0.15, 0.2) is 0 Å². The Morgan fingerprint density at radius 1 is 1.26 bits per heavy atom. The number of rotatable bonds is 1. The predicted molar refractivity (Wildman–Crippen MR) is 71.5 cm³/mol. The minimum atomic E-state index is -0.217. The number of carbonyl (C=O) groups excluding carboxylic acids is 2. The summed E-state index contributed by atoms with van der Waals surface area (Å²) in [5.41, 5.74) is 2.22. The van der Waals surface area contributed by atoms with Gasteiger partial charge in [-0.25, -0.2) is 0 Å². The van der Waals surface area contributed by atoms with E-state index in [1.165, 1.54) is 4.90 Å². The van der Waals surface area contributed by atoms with Gasteiger partial charge in [0.2, 0.25) is 11.8 Å². The number of benzene rings is 1. The number of imide groups is 1. The van der Waals surface area contributed by atoms with Crippen LogP contribution in [0.3, 0.4) is 0 Å². The molecule has 1 saturated heterocycles. The van der Waals surface area contributed by atoms with Crippen molar-refractivity contribution in [1.29, 1.82) is 0 Å². The van der Waals surface area contributed by atoms with Gasteiger partial charge in [-0.1, -0.05) is 17.9 Å². The van der Waals surface area contributed by atoms with Crippen LogP contribution in [-0.4, -0.2) is 23.5 Å². The predicted octanol–water partition coefficient (Wildman–Crippen LogP) is 1.38. The molecule has 0 spiro atoms. The molecule has 1 aromatic carbocycles. The van der Waals surface area contributed by atoms with Crippen LogP contribution in [0.1, 0.15) is 30.4 Å². The summed E-state index contributed by atoms with van der Waals surface area (Å²) < 4.78 is 0. The van der Waals surface area contributed by atoms with Gasteiger partial charge >= 0.3 is 0 Å². The Bertz CT molecular complexity index is 565. The quantitative estimate of drug-likeness (QED) is 0.611. The fraction of sp³-hybridized carbons (Fsp3) is 0.333. The number of amides is 2. The molecule has 0 atom stereocenters. The van der Waals surface area contributed by atoms with Gasteiger partial charge in [-0.15, -0.1) is 0 Å². The summed E-state index contributed by atoms with van der Waals surface area (Å²) in [6.45, 7) is 1.68. The van der Waals surface area contributed by atoms with E-state index in [2.05, 4.69) is 11.8 Å². The van der Waals surface area contributed by atoms with Gasteiger partial charge in [-0.3, -0.25) is 14.5 Å². The third-order valence-electron chi connectivity index (χ3n) is 3.06. The molecule has 1 fully saturated rings. The van der Waals surface area contributed by atoms with Crippen LogP contribution in [0, 0.1) is 18.8 Å². The highest BCUT2D eigenvalue weighted by Gasteiger charge is 2.27. The Balaban J connectivity index is 2.39. The first-order valence-corrected chi connectivity index (χ1v) is 6.19. The molecule has 1 aliphatic rings. The Hall–Kier alpha value is -2.12. The topological polar surface area (TPSA) is 57.6 Å². The highest BCUT2D eigenvalue weighted by Crippen LogP contribution is 2.24. The Kier molecular flexibility index (Phi) is 3.98. The molecule has 0 saturated carbocycles. The lowest BCUT2D eigenvalue weighted by Gasteiger charge is -2.25. The highest BCUT2D eigenvalue weighted by molar-refractivity contribution is 6.16. The van der Waals surface area contributed by atoms with Crippen LogP contribution in [0.15, 0.2) is 18.2 Å². The fourth-order valence-electron chi connectivity index (χ4n) is 2.06. The first-order chi connectivity index (χ1) is 9.13. The second-order valence-electron chi connectivity index (χ2n) is 4.44. The van der Waals surface area contributed by atoms with E-state index in [0.29, 0.717) is 24.9 Å². The number of hydrogen-bond donors (Lipinski definition) is 1. The molecule has 1 aliphatic heterocycles. The van der Waals surface area contributed by atoms with Crippen molar-refractivity contribution < 1.29 is 14.7 Å². The summed E-state index contributed by atoms with van der Waals surface area (Å²) in [4.78, 5) is 24.9. The van der Waals surface area contributed by atoms with Crippen molar-refractivity contribution >= 4 is 17.5 Å². The van der Waals surface area contributed by atoms with Crippen LogP contribution >= 0.6 is 0 Å². The van der Waals surface area contributed by atoms with Crippen molar-refractivity contribution in [3.63, 3.8) is 0 Å². The SMILES string of the molecule is Cc1ccc(N2C(=O)CCCC2=O)cc1C#CCO. The van der Waals surface area contributed by atoms with E-state index in [1.807, 2.05) is 13.0 Å². The molecule has 4 nitrogen and oxygen atoms in total. The van der Waals surface area contributed by atoms with Crippen molar-refractivity contribution in [3.8, 4) is 11.8 Å². The van der Waals surface area contributed by atoms with Gasteiger partial charge in [0, 0.05) is 18.4 Å². The maximum atomic E-state index is 11.8. The molecule has 0 aliphatic carbocycles. The molecule has 1 heterocycles. The van der Waals surface area contributed by atoms with E-state index in [0.717, 1.165) is 11.1 Å². The molecule has 98 valence electrons. The Morgan fingerprint density at radius 2 is 1.95 bits per heavy atom. The van der Waals surface area contributed by atoms with E-state index in [-0.39, 0.29) is 18.4 Å². The Labute approximate surface area is 112 Å². The summed E-state index contributed by atoms with van der Waals surface area (Å²) in [6.07, 6.45) is 1.42. The monoisotopic (exact) mass is 257 g/mol. The minimum Gasteiger partial charge on any atom is -0.384 e. The smallest absolute Gasteiger partial charge is 0.233 e. The largest absolute Gasteiger partial charge is 0.384 e. The molecule has 4 heteroatoms. The van der Waals surface area contributed by atoms with E-state index in [4.69, 9.17) is 5.11 Å². The number of hydrogen-bond acceptors (Lipinski definition) is 3. The summed E-state index contributed by atoms with van der Waals surface area (Å²) in [7, 11) is 0. The van der Waals surface area contributed by atoms with E-state index in [1.54, 1.807) is 12.1 Å². The molecular weight excluding hydrogens is 242 g/mol. The zero-order chi connectivity index (χ0) is 13.8. The summed E-state index contributed by atoms with van der Waals surface area (Å²) in [5.74, 6) is 5.07. The third kappa shape index (κ3) is 2.83.